The monoisotopic (exact) mass is 195 g/mol. The van der Waals surface area contributed by atoms with Gasteiger partial charge in [-0.1, -0.05) is 6.08 Å². The summed E-state index contributed by atoms with van der Waals surface area (Å²) in [6.45, 7) is 3.83. The Kier molecular flexibility index (Phi) is 7.13. The van der Waals surface area contributed by atoms with E-state index in [1.54, 1.807) is 13.3 Å². The van der Waals surface area contributed by atoms with Crippen molar-refractivity contribution in [3.63, 3.8) is 0 Å². The number of hydrogen-bond acceptors (Lipinski definition) is 4. The third-order valence-corrected chi connectivity index (χ3v) is 1.39. The van der Waals surface area contributed by atoms with Gasteiger partial charge in [0.05, 0.1) is 7.11 Å². The van der Waals surface area contributed by atoms with Crippen molar-refractivity contribution in [3.05, 3.63) is 24.1 Å². The predicted molar refractivity (Wildman–Crippen MR) is 59.8 cm³/mol. The van der Waals surface area contributed by atoms with Gasteiger partial charge in [0.25, 0.3) is 0 Å². The summed E-state index contributed by atoms with van der Waals surface area (Å²) in [7, 11) is 1.55. The molecular weight excluding hydrogens is 178 g/mol. The van der Waals surface area contributed by atoms with E-state index in [-0.39, 0.29) is 6.17 Å². The van der Waals surface area contributed by atoms with Crippen LogP contribution >= 0.6 is 0 Å². The minimum absolute atomic E-state index is 0.0719. The van der Waals surface area contributed by atoms with Crippen molar-refractivity contribution >= 4 is 12.4 Å². The molecule has 1 unspecified atom stereocenters. The van der Waals surface area contributed by atoms with Gasteiger partial charge in [-0.3, -0.25) is 4.99 Å². The van der Waals surface area contributed by atoms with Crippen molar-refractivity contribution in [1.29, 1.82) is 5.41 Å². The molecule has 4 nitrogen and oxygen atoms in total. The maximum atomic E-state index is 6.88. The molecule has 0 aromatic rings. The fourth-order valence-electron chi connectivity index (χ4n) is 0.759. The van der Waals surface area contributed by atoms with Crippen LogP contribution in [0.15, 0.2) is 29.1 Å². The lowest BCUT2D eigenvalue weighted by Crippen LogP contribution is -2.24. The fourth-order valence-corrected chi connectivity index (χ4v) is 0.759. The molecule has 0 aromatic heterocycles. The first kappa shape index (κ1) is 12.4. The van der Waals surface area contributed by atoms with E-state index in [1.165, 1.54) is 6.08 Å². The molecule has 0 amide bonds. The summed E-state index contributed by atoms with van der Waals surface area (Å²) in [6, 6.07) is 0. The Morgan fingerprint density at radius 1 is 1.57 bits per heavy atom. The van der Waals surface area contributed by atoms with E-state index in [0.29, 0.717) is 5.88 Å². The normalized spacial score (nSPS) is 14.6. The molecule has 0 fully saturated rings. The lowest BCUT2D eigenvalue weighted by molar-refractivity contribution is 0.253. The van der Waals surface area contributed by atoms with Crippen LogP contribution in [0.1, 0.15) is 13.8 Å². The number of hydrogen-bond donors (Lipinski definition) is 2. The zero-order valence-electron chi connectivity index (χ0n) is 8.82. The summed E-state index contributed by atoms with van der Waals surface area (Å²) < 4.78 is 4.97. The van der Waals surface area contributed by atoms with Crippen LogP contribution in [0.3, 0.4) is 0 Å². The van der Waals surface area contributed by atoms with Gasteiger partial charge in [0.2, 0.25) is 0 Å². The number of rotatable bonds is 6. The second-order valence-corrected chi connectivity index (χ2v) is 2.55. The Morgan fingerprint density at radius 3 is 2.79 bits per heavy atom. The van der Waals surface area contributed by atoms with Crippen LogP contribution in [0, 0.1) is 5.41 Å². The van der Waals surface area contributed by atoms with E-state index in [2.05, 4.69) is 10.3 Å². The summed E-state index contributed by atoms with van der Waals surface area (Å²) in [6.07, 6.45) is 8.09. The molecule has 0 radical (unpaired) electrons. The molecule has 0 bridgehead atoms. The van der Waals surface area contributed by atoms with E-state index in [1.807, 2.05) is 26.0 Å². The predicted octanol–water partition coefficient (Wildman–Crippen LogP) is 1.71. The van der Waals surface area contributed by atoms with Crippen molar-refractivity contribution in [2.24, 2.45) is 4.99 Å². The molecule has 14 heavy (non-hydrogen) atoms. The Bertz CT molecular complexity index is 244. The summed E-state index contributed by atoms with van der Waals surface area (Å²) in [5, 5.41) is 9.86. The first-order chi connectivity index (χ1) is 6.74. The van der Waals surface area contributed by atoms with Crippen LogP contribution in [0.25, 0.3) is 0 Å². The molecular formula is C10H17N3O. The van der Waals surface area contributed by atoms with Gasteiger partial charge >= 0.3 is 0 Å². The maximum absolute atomic E-state index is 6.88. The highest BCUT2D eigenvalue weighted by atomic mass is 16.5. The number of aliphatic imine (C=N–C) groups is 1. The smallest absolute Gasteiger partial charge is 0.189 e. The van der Waals surface area contributed by atoms with Crippen LogP contribution < -0.4 is 5.32 Å². The number of nitrogens with zero attached hydrogens (tertiary/aromatic N) is 1. The summed E-state index contributed by atoms with van der Waals surface area (Å²) in [5.41, 5.74) is 0. The minimum atomic E-state index is -0.0719. The second kappa shape index (κ2) is 8.04. The molecule has 78 valence electrons. The summed E-state index contributed by atoms with van der Waals surface area (Å²) in [5.74, 6) is 0.533. The lowest BCUT2D eigenvalue weighted by atomic mass is 10.5. The fraction of sp³-hybridized carbons (Fsp3) is 0.400. The minimum Gasteiger partial charge on any atom is -0.482 e. The number of nitrogens with one attached hydrogen (secondary N) is 2. The van der Waals surface area contributed by atoms with Crippen LogP contribution in [-0.4, -0.2) is 25.7 Å². The zero-order chi connectivity index (χ0) is 10.8. The highest BCUT2D eigenvalue weighted by Gasteiger charge is 1.98. The van der Waals surface area contributed by atoms with Crippen LogP contribution in [-0.2, 0) is 4.74 Å². The van der Waals surface area contributed by atoms with Gasteiger partial charge in [-0.25, -0.2) is 0 Å². The molecule has 0 heterocycles. The first-order valence-electron chi connectivity index (χ1n) is 4.40. The van der Waals surface area contributed by atoms with E-state index in [4.69, 9.17) is 10.1 Å². The molecule has 0 aromatic carbocycles. The largest absolute Gasteiger partial charge is 0.482 e. The average molecular weight is 195 g/mol. The number of ether oxygens (including phenoxy) is 1. The average Bonchev–Trinajstić information content (AvgIpc) is 2.17. The van der Waals surface area contributed by atoms with Gasteiger partial charge in [0.15, 0.2) is 5.88 Å². The van der Waals surface area contributed by atoms with E-state index < -0.39 is 0 Å². The Morgan fingerprint density at radius 2 is 2.29 bits per heavy atom. The van der Waals surface area contributed by atoms with Gasteiger partial charge in [-0.15, -0.1) is 0 Å². The highest BCUT2D eigenvalue weighted by molar-refractivity contribution is 5.71. The lowest BCUT2D eigenvalue weighted by Gasteiger charge is -2.12. The van der Waals surface area contributed by atoms with E-state index in [0.717, 1.165) is 6.21 Å². The summed E-state index contributed by atoms with van der Waals surface area (Å²) >= 11 is 0. The topological polar surface area (TPSA) is 57.5 Å². The zero-order valence-corrected chi connectivity index (χ0v) is 8.82. The van der Waals surface area contributed by atoms with Gasteiger partial charge < -0.3 is 15.5 Å². The molecule has 0 rings (SSSR count). The van der Waals surface area contributed by atoms with Crippen molar-refractivity contribution < 1.29 is 4.74 Å². The molecule has 2 N–H and O–H groups in total. The molecule has 1 atom stereocenters. The van der Waals surface area contributed by atoms with Crippen molar-refractivity contribution in [2.75, 3.05) is 7.11 Å². The quantitative estimate of drug-likeness (QED) is 0.500. The Balaban J connectivity index is 4.08. The Labute approximate surface area is 84.9 Å². The van der Waals surface area contributed by atoms with Gasteiger partial charge in [-0.2, -0.15) is 0 Å². The van der Waals surface area contributed by atoms with E-state index in [9.17, 15) is 0 Å². The van der Waals surface area contributed by atoms with Crippen molar-refractivity contribution in [2.45, 2.75) is 20.0 Å². The third-order valence-electron chi connectivity index (χ3n) is 1.39. The first-order valence-corrected chi connectivity index (χ1v) is 4.40. The van der Waals surface area contributed by atoms with Crippen LogP contribution in [0.5, 0.6) is 0 Å². The van der Waals surface area contributed by atoms with Crippen molar-refractivity contribution in [1.82, 2.24) is 5.32 Å². The highest BCUT2D eigenvalue weighted by Crippen LogP contribution is 1.92. The number of methoxy groups -OCH3 is 1. The van der Waals surface area contributed by atoms with Crippen LogP contribution in [0.4, 0.5) is 0 Å². The summed E-state index contributed by atoms with van der Waals surface area (Å²) in [4.78, 5) is 4.17. The SMILES string of the molecule is C/C=C\C=NC(C)N/C(=C\C=N)OC. The maximum Gasteiger partial charge on any atom is 0.189 e. The van der Waals surface area contributed by atoms with Gasteiger partial charge in [0.1, 0.15) is 6.17 Å². The Hall–Kier alpha value is -1.58. The molecule has 0 saturated heterocycles. The van der Waals surface area contributed by atoms with Gasteiger partial charge in [0, 0.05) is 18.5 Å². The van der Waals surface area contributed by atoms with Crippen LogP contribution in [0.2, 0.25) is 0 Å². The second-order valence-electron chi connectivity index (χ2n) is 2.55. The standard InChI is InChI=1S/C10H17N3O/c1-4-5-8-12-9(2)13-10(14-3)6-7-11/h4-9,11,13H,1-3H3/b5-4-,10-6+,11-7?,12-8?. The van der Waals surface area contributed by atoms with E-state index >= 15 is 0 Å². The van der Waals surface area contributed by atoms with Crippen molar-refractivity contribution in [3.8, 4) is 0 Å². The van der Waals surface area contributed by atoms with Gasteiger partial charge in [-0.05, 0) is 19.9 Å². The molecule has 0 aliphatic heterocycles. The number of allylic oxidation sites excluding steroid dienone is 3. The molecule has 0 aliphatic carbocycles. The molecule has 0 saturated carbocycles. The molecule has 0 spiro atoms. The molecule has 4 heteroatoms. The molecule has 0 aliphatic rings. The third kappa shape index (κ3) is 5.99.